The number of benzene rings is 1. The molecule has 0 radical (unpaired) electrons. The molecule has 1 aromatic heterocycles. The minimum Gasteiger partial charge on any atom is -0.493 e. The number of nitrogens with zero attached hydrogens (tertiary/aromatic N) is 2. The van der Waals surface area contributed by atoms with Crippen molar-refractivity contribution in [2.24, 2.45) is 0 Å². The molecular formula is C16H20N4O. The van der Waals surface area contributed by atoms with Gasteiger partial charge in [0.15, 0.2) is 0 Å². The van der Waals surface area contributed by atoms with Crippen molar-refractivity contribution in [3.8, 4) is 5.75 Å². The van der Waals surface area contributed by atoms with Gasteiger partial charge in [-0.1, -0.05) is 25.1 Å². The van der Waals surface area contributed by atoms with Gasteiger partial charge in [0.2, 0.25) is 0 Å². The fraction of sp³-hybridized carbons (Fsp3) is 0.375. The SMILES string of the molecule is CCCNc1cc(NC2CCOc3ccccc32)ncn1. The summed E-state index contributed by atoms with van der Waals surface area (Å²) in [6, 6.07) is 10.3. The van der Waals surface area contributed by atoms with E-state index in [4.69, 9.17) is 4.74 Å². The molecule has 5 nitrogen and oxygen atoms in total. The summed E-state index contributed by atoms with van der Waals surface area (Å²) in [4.78, 5) is 8.54. The molecule has 21 heavy (non-hydrogen) atoms. The predicted molar refractivity (Wildman–Crippen MR) is 83.7 cm³/mol. The fourth-order valence-electron chi connectivity index (χ4n) is 2.46. The van der Waals surface area contributed by atoms with Crippen LogP contribution in [0.15, 0.2) is 36.7 Å². The molecule has 0 bridgehead atoms. The van der Waals surface area contributed by atoms with Crippen LogP contribution < -0.4 is 15.4 Å². The first-order valence-electron chi connectivity index (χ1n) is 7.41. The highest BCUT2D eigenvalue weighted by Crippen LogP contribution is 2.33. The lowest BCUT2D eigenvalue weighted by molar-refractivity contribution is 0.274. The van der Waals surface area contributed by atoms with Gasteiger partial charge in [0.05, 0.1) is 12.6 Å². The summed E-state index contributed by atoms with van der Waals surface area (Å²) < 4.78 is 5.68. The summed E-state index contributed by atoms with van der Waals surface area (Å²) in [5, 5.41) is 6.76. The molecule has 1 atom stereocenters. The van der Waals surface area contributed by atoms with Crippen LogP contribution >= 0.6 is 0 Å². The van der Waals surface area contributed by atoms with Crippen molar-refractivity contribution < 1.29 is 4.74 Å². The summed E-state index contributed by atoms with van der Waals surface area (Å²) in [6.45, 7) is 3.77. The first-order chi connectivity index (χ1) is 10.4. The number of rotatable bonds is 5. The molecule has 1 aliphatic heterocycles. The lowest BCUT2D eigenvalue weighted by atomic mass is 10.0. The Morgan fingerprint density at radius 2 is 2.10 bits per heavy atom. The monoisotopic (exact) mass is 284 g/mol. The van der Waals surface area contributed by atoms with Crippen LogP contribution in [-0.4, -0.2) is 23.1 Å². The van der Waals surface area contributed by atoms with Crippen molar-refractivity contribution in [1.82, 2.24) is 9.97 Å². The quantitative estimate of drug-likeness (QED) is 0.882. The summed E-state index contributed by atoms with van der Waals surface area (Å²) in [5.74, 6) is 2.65. The van der Waals surface area contributed by atoms with Crippen LogP contribution in [0.1, 0.15) is 31.4 Å². The van der Waals surface area contributed by atoms with Crippen LogP contribution in [0.5, 0.6) is 5.75 Å². The summed E-state index contributed by atoms with van der Waals surface area (Å²) in [5.41, 5.74) is 1.19. The Bertz CT molecular complexity index is 602. The Morgan fingerprint density at radius 1 is 1.24 bits per heavy atom. The third kappa shape index (κ3) is 3.24. The van der Waals surface area contributed by atoms with Crippen molar-refractivity contribution in [2.45, 2.75) is 25.8 Å². The van der Waals surface area contributed by atoms with Crippen molar-refractivity contribution in [2.75, 3.05) is 23.8 Å². The molecule has 2 N–H and O–H groups in total. The molecule has 1 aliphatic rings. The van der Waals surface area contributed by atoms with Crippen LogP contribution in [0.4, 0.5) is 11.6 Å². The maximum absolute atomic E-state index is 5.68. The number of para-hydroxylation sites is 1. The molecule has 3 rings (SSSR count). The van der Waals surface area contributed by atoms with Crippen molar-refractivity contribution in [3.05, 3.63) is 42.2 Å². The van der Waals surface area contributed by atoms with E-state index in [0.29, 0.717) is 0 Å². The number of nitrogens with one attached hydrogen (secondary N) is 2. The Kier molecular flexibility index (Phi) is 4.19. The third-order valence-corrected chi connectivity index (χ3v) is 3.50. The molecule has 0 saturated heterocycles. The fourth-order valence-corrected chi connectivity index (χ4v) is 2.46. The van der Waals surface area contributed by atoms with E-state index < -0.39 is 0 Å². The van der Waals surface area contributed by atoms with Gasteiger partial charge in [-0.25, -0.2) is 9.97 Å². The highest BCUT2D eigenvalue weighted by molar-refractivity contribution is 5.49. The van der Waals surface area contributed by atoms with E-state index in [1.165, 1.54) is 5.56 Å². The van der Waals surface area contributed by atoms with E-state index in [1.807, 2.05) is 24.3 Å². The average Bonchev–Trinajstić information content (AvgIpc) is 2.54. The van der Waals surface area contributed by atoms with E-state index in [9.17, 15) is 0 Å². The maximum Gasteiger partial charge on any atom is 0.131 e. The second-order valence-corrected chi connectivity index (χ2v) is 5.09. The first kappa shape index (κ1) is 13.7. The van der Waals surface area contributed by atoms with E-state index in [0.717, 1.165) is 43.4 Å². The standard InChI is InChI=1S/C16H20N4O/c1-2-8-17-15-10-16(19-11-18-15)20-13-7-9-21-14-6-4-3-5-12(13)14/h3-6,10-11,13H,2,7-9H2,1H3,(H2,17,18,19,20). The molecule has 0 spiro atoms. The molecule has 110 valence electrons. The maximum atomic E-state index is 5.68. The van der Waals surface area contributed by atoms with Gasteiger partial charge in [0.25, 0.3) is 0 Å². The van der Waals surface area contributed by atoms with Gasteiger partial charge in [-0.05, 0) is 12.5 Å². The lowest BCUT2D eigenvalue weighted by Crippen LogP contribution is -2.20. The van der Waals surface area contributed by atoms with Crippen molar-refractivity contribution in [1.29, 1.82) is 0 Å². The Hall–Kier alpha value is -2.30. The summed E-state index contributed by atoms with van der Waals surface area (Å²) in [6.07, 6.45) is 3.59. The van der Waals surface area contributed by atoms with Crippen LogP contribution in [0.25, 0.3) is 0 Å². The topological polar surface area (TPSA) is 59.1 Å². The van der Waals surface area contributed by atoms with Crippen molar-refractivity contribution >= 4 is 11.6 Å². The van der Waals surface area contributed by atoms with Crippen LogP contribution in [0.3, 0.4) is 0 Å². The van der Waals surface area contributed by atoms with E-state index >= 15 is 0 Å². The molecule has 2 aromatic rings. The molecule has 2 heterocycles. The number of hydrogen-bond donors (Lipinski definition) is 2. The van der Waals surface area contributed by atoms with Gasteiger partial charge in [-0.2, -0.15) is 0 Å². The van der Waals surface area contributed by atoms with E-state index in [-0.39, 0.29) is 6.04 Å². The molecule has 0 fully saturated rings. The number of aromatic nitrogens is 2. The lowest BCUT2D eigenvalue weighted by Gasteiger charge is -2.27. The van der Waals surface area contributed by atoms with Gasteiger partial charge in [-0.3, -0.25) is 0 Å². The number of anilines is 2. The number of hydrogen-bond acceptors (Lipinski definition) is 5. The predicted octanol–water partition coefficient (Wildman–Crippen LogP) is 3.23. The van der Waals surface area contributed by atoms with Gasteiger partial charge in [-0.15, -0.1) is 0 Å². The Balaban J connectivity index is 1.75. The minimum atomic E-state index is 0.226. The van der Waals surface area contributed by atoms with Gasteiger partial charge in [0.1, 0.15) is 23.7 Å². The molecule has 1 aromatic carbocycles. The zero-order valence-electron chi connectivity index (χ0n) is 12.2. The van der Waals surface area contributed by atoms with Crippen LogP contribution in [0, 0.1) is 0 Å². The zero-order valence-corrected chi connectivity index (χ0v) is 12.2. The molecule has 1 unspecified atom stereocenters. The normalized spacial score (nSPS) is 16.7. The van der Waals surface area contributed by atoms with Crippen molar-refractivity contribution in [3.63, 3.8) is 0 Å². The molecular weight excluding hydrogens is 264 g/mol. The van der Waals surface area contributed by atoms with Gasteiger partial charge >= 0.3 is 0 Å². The highest BCUT2D eigenvalue weighted by Gasteiger charge is 2.21. The second kappa shape index (κ2) is 6.43. The molecule has 0 amide bonds. The highest BCUT2D eigenvalue weighted by atomic mass is 16.5. The average molecular weight is 284 g/mol. The molecule has 0 saturated carbocycles. The van der Waals surface area contributed by atoms with Crippen LogP contribution in [-0.2, 0) is 0 Å². The van der Waals surface area contributed by atoms with Crippen LogP contribution in [0.2, 0.25) is 0 Å². The number of ether oxygens (including phenoxy) is 1. The summed E-state index contributed by atoms with van der Waals surface area (Å²) in [7, 11) is 0. The third-order valence-electron chi connectivity index (χ3n) is 3.50. The smallest absolute Gasteiger partial charge is 0.131 e. The minimum absolute atomic E-state index is 0.226. The summed E-state index contributed by atoms with van der Waals surface area (Å²) >= 11 is 0. The van der Waals surface area contributed by atoms with E-state index in [1.54, 1.807) is 6.33 Å². The zero-order chi connectivity index (χ0) is 14.5. The largest absolute Gasteiger partial charge is 0.493 e. The molecule has 0 aliphatic carbocycles. The Morgan fingerprint density at radius 3 is 3.00 bits per heavy atom. The second-order valence-electron chi connectivity index (χ2n) is 5.09. The van der Waals surface area contributed by atoms with Gasteiger partial charge < -0.3 is 15.4 Å². The van der Waals surface area contributed by atoms with Gasteiger partial charge in [0, 0.05) is 24.6 Å². The molecule has 5 heteroatoms. The van der Waals surface area contributed by atoms with E-state index in [2.05, 4.69) is 33.6 Å². The first-order valence-corrected chi connectivity index (χ1v) is 7.41. The Labute approximate surface area is 124 Å². The number of fused-ring (bicyclic) bond motifs is 1.